The molecule has 1 rings (SSSR count). The van der Waals surface area contributed by atoms with Crippen LogP contribution in [0.1, 0.15) is 24.2 Å². The van der Waals surface area contributed by atoms with Crippen LogP contribution in [-0.4, -0.2) is 30.9 Å². The lowest BCUT2D eigenvalue weighted by Crippen LogP contribution is -2.22. The van der Waals surface area contributed by atoms with Gasteiger partial charge in [0.25, 0.3) is 0 Å². The predicted octanol–water partition coefficient (Wildman–Crippen LogP) is 3.67. The molecular formula is C13H18ClO5P. The number of esters is 1. The third-order valence-electron chi connectivity index (χ3n) is 2.36. The minimum Gasteiger partial charge on any atom is -0.444 e. The second kappa shape index (κ2) is 8.42. The van der Waals surface area contributed by atoms with Gasteiger partial charge in [-0.05, 0) is 26.0 Å². The Balaban J connectivity index is 2.84. The minimum absolute atomic E-state index is 0.171. The Morgan fingerprint density at radius 2 is 1.75 bits per heavy atom. The van der Waals surface area contributed by atoms with Crippen molar-refractivity contribution >= 4 is 25.2 Å². The van der Waals surface area contributed by atoms with Gasteiger partial charge >= 0.3 is 13.6 Å². The van der Waals surface area contributed by atoms with E-state index in [9.17, 15) is 9.36 Å². The van der Waals surface area contributed by atoms with Gasteiger partial charge in [-0.3, -0.25) is 4.57 Å². The summed E-state index contributed by atoms with van der Waals surface area (Å²) in [7, 11) is -3.58. The smallest absolute Gasteiger partial charge is 0.372 e. The van der Waals surface area contributed by atoms with Crippen LogP contribution in [-0.2, 0) is 18.3 Å². The molecule has 0 heterocycles. The van der Waals surface area contributed by atoms with Crippen molar-refractivity contribution < 1.29 is 23.1 Å². The molecular weight excluding hydrogens is 303 g/mol. The molecule has 0 aliphatic rings. The van der Waals surface area contributed by atoms with Crippen molar-refractivity contribution in [3.63, 3.8) is 0 Å². The third kappa shape index (κ3) is 4.60. The monoisotopic (exact) mass is 320 g/mol. The summed E-state index contributed by atoms with van der Waals surface area (Å²) in [4.78, 5) is 12.0. The van der Waals surface area contributed by atoms with Gasteiger partial charge in [0.2, 0.25) is 5.85 Å². The number of carbonyl (C=O) groups excluding carboxylic acids is 1. The molecule has 0 bridgehead atoms. The van der Waals surface area contributed by atoms with Crippen LogP contribution >= 0.6 is 19.2 Å². The number of carbonyl (C=O) groups is 1. The lowest BCUT2D eigenvalue weighted by atomic mass is 10.2. The molecule has 0 fully saturated rings. The number of hydrogen-bond acceptors (Lipinski definition) is 5. The molecule has 0 unspecified atom stereocenters. The van der Waals surface area contributed by atoms with Crippen LogP contribution in [0.25, 0.3) is 0 Å². The Kier molecular flexibility index (Phi) is 7.24. The second-order valence-corrected chi connectivity index (χ2v) is 6.24. The highest BCUT2D eigenvalue weighted by Gasteiger charge is 2.38. The Morgan fingerprint density at radius 3 is 2.20 bits per heavy atom. The van der Waals surface area contributed by atoms with Gasteiger partial charge in [0.1, 0.15) is 0 Å². The molecule has 0 aliphatic carbocycles. The van der Waals surface area contributed by atoms with E-state index in [0.717, 1.165) is 0 Å². The lowest BCUT2D eigenvalue weighted by molar-refractivity contribution is 0.0404. The first kappa shape index (κ1) is 17.2. The van der Waals surface area contributed by atoms with Crippen molar-refractivity contribution in [2.24, 2.45) is 0 Å². The number of benzene rings is 1. The van der Waals surface area contributed by atoms with E-state index in [2.05, 4.69) is 0 Å². The van der Waals surface area contributed by atoms with E-state index < -0.39 is 19.4 Å². The Labute approximate surface area is 123 Å². The molecule has 0 spiro atoms. The molecule has 0 amide bonds. The molecule has 0 saturated carbocycles. The average Bonchev–Trinajstić information content (AvgIpc) is 2.45. The molecule has 0 radical (unpaired) electrons. The predicted molar refractivity (Wildman–Crippen MR) is 77.2 cm³/mol. The highest BCUT2D eigenvalue weighted by Crippen LogP contribution is 2.53. The van der Waals surface area contributed by atoms with E-state index in [1.54, 1.807) is 44.2 Å². The largest absolute Gasteiger partial charge is 0.444 e. The van der Waals surface area contributed by atoms with Gasteiger partial charge < -0.3 is 13.8 Å². The zero-order valence-corrected chi connectivity index (χ0v) is 13.1. The summed E-state index contributed by atoms with van der Waals surface area (Å²) >= 11 is 5.75. The summed E-state index contributed by atoms with van der Waals surface area (Å²) in [5.41, 5.74) is 0.349. The van der Waals surface area contributed by atoms with Crippen molar-refractivity contribution in [3.05, 3.63) is 35.9 Å². The summed E-state index contributed by atoms with van der Waals surface area (Å²) in [6.07, 6.45) is 0. The normalized spacial score (nSPS) is 12.9. The molecule has 0 N–H and O–H groups in total. The topological polar surface area (TPSA) is 61.8 Å². The zero-order chi connectivity index (χ0) is 15.0. The maximum atomic E-state index is 12.5. The van der Waals surface area contributed by atoms with Crippen LogP contribution in [0, 0.1) is 0 Å². The molecule has 20 heavy (non-hydrogen) atoms. The first-order chi connectivity index (χ1) is 9.57. The summed E-state index contributed by atoms with van der Waals surface area (Å²) in [6.45, 7) is 3.70. The molecule has 1 aromatic rings. The summed E-state index contributed by atoms with van der Waals surface area (Å²) < 4.78 is 27.9. The Morgan fingerprint density at radius 1 is 1.20 bits per heavy atom. The van der Waals surface area contributed by atoms with Crippen molar-refractivity contribution in [2.75, 3.05) is 19.1 Å². The van der Waals surface area contributed by atoms with Gasteiger partial charge in [-0.1, -0.05) is 18.2 Å². The number of alkyl halides is 1. The molecule has 0 aliphatic heterocycles. The highest BCUT2D eigenvalue weighted by atomic mass is 35.5. The summed E-state index contributed by atoms with van der Waals surface area (Å²) in [5.74, 6) is -1.91. The van der Waals surface area contributed by atoms with Crippen LogP contribution < -0.4 is 0 Å². The van der Waals surface area contributed by atoms with Crippen molar-refractivity contribution in [1.82, 2.24) is 0 Å². The summed E-state index contributed by atoms with van der Waals surface area (Å²) in [5, 5.41) is 0. The fourth-order valence-electron chi connectivity index (χ4n) is 1.51. The molecule has 5 nitrogen and oxygen atoms in total. The minimum atomic E-state index is -3.58. The standard InChI is InChI=1S/C13H18ClO5P/c1-3-17-20(16,18-4-2)12(10-14)19-13(15)11-8-6-5-7-9-11/h5-9,12H,3-4,10H2,1-2H3/t12-/m1/s1. The van der Waals surface area contributed by atoms with Gasteiger partial charge in [-0.2, -0.15) is 0 Å². The van der Waals surface area contributed by atoms with E-state index in [1.807, 2.05) is 0 Å². The van der Waals surface area contributed by atoms with E-state index >= 15 is 0 Å². The van der Waals surface area contributed by atoms with Gasteiger partial charge in [0, 0.05) is 0 Å². The summed E-state index contributed by atoms with van der Waals surface area (Å²) in [6, 6.07) is 8.38. The first-order valence-corrected chi connectivity index (χ1v) is 8.42. The van der Waals surface area contributed by atoms with Crippen LogP contribution in [0.5, 0.6) is 0 Å². The van der Waals surface area contributed by atoms with Crippen molar-refractivity contribution in [3.8, 4) is 0 Å². The lowest BCUT2D eigenvalue weighted by Gasteiger charge is -2.24. The average molecular weight is 321 g/mol. The maximum absolute atomic E-state index is 12.5. The number of ether oxygens (including phenoxy) is 1. The Bertz CT molecular complexity index is 455. The number of rotatable bonds is 8. The molecule has 1 aromatic carbocycles. The fourth-order valence-corrected chi connectivity index (χ4v) is 3.60. The zero-order valence-electron chi connectivity index (χ0n) is 11.5. The third-order valence-corrected chi connectivity index (χ3v) is 5.08. The van der Waals surface area contributed by atoms with Crippen molar-refractivity contribution in [1.29, 1.82) is 0 Å². The van der Waals surface area contributed by atoms with Gasteiger partial charge in [-0.25, -0.2) is 4.79 Å². The quantitative estimate of drug-likeness (QED) is 0.415. The SMILES string of the molecule is CCOP(=O)(OCC)[C@H](CCl)OC(=O)c1ccccc1. The van der Waals surface area contributed by atoms with E-state index in [-0.39, 0.29) is 19.1 Å². The highest BCUT2D eigenvalue weighted by molar-refractivity contribution is 7.54. The molecule has 7 heteroatoms. The van der Waals surface area contributed by atoms with Crippen molar-refractivity contribution in [2.45, 2.75) is 19.7 Å². The number of hydrogen-bond donors (Lipinski definition) is 0. The molecule has 0 saturated heterocycles. The van der Waals surface area contributed by atoms with Crippen LogP contribution in [0.3, 0.4) is 0 Å². The van der Waals surface area contributed by atoms with Crippen LogP contribution in [0.2, 0.25) is 0 Å². The van der Waals surface area contributed by atoms with E-state index in [1.165, 1.54) is 0 Å². The maximum Gasteiger partial charge on any atom is 0.372 e. The van der Waals surface area contributed by atoms with Gasteiger partial charge in [0.05, 0.1) is 24.7 Å². The molecule has 1 atom stereocenters. The second-order valence-electron chi connectivity index (χ2n) is 3.76. The molecule has 112 valence electrons. The molecule has 0 aromatic heterocycles. The van der Waals surface area contributed by atoms with E-state index in [0.29, 0.717) is 5.56 Å². The van der Waals surface area contributed by atoms with E-state index in [4.69, 9.17) is 25.4 Å². The fraction of sp³-hybridized carbons (Fsp3) is 0.462. The van der Waals surface area contributed by atoms with Crippen LogP contribution in [0.15, 0.2) is 30.3 Å². The first-order valence-electron chi connectivity index (χ1n) is 6.28. The van der Waals surface area contributed by atoms with Gasteiger partial charge in [0.15, 0.2) is 0 Å². The number of halogens is 1. The Hall–Kier alpha value is -0.870. The van der Waals surface area contributed by atoms with Crippen LogP contribution in [0.4, 0.5) is 0 Å². The van der Waals surface area contributed by atoms with Gasteiger partial charge in [-0.15, -0.1) is 11.6 Å².